The zero-order valence-corrected chi connectivity index (χ0v) is 16.7. The summed E-state index contributed by atoms with van der Waals surface area (Å²) in [5, 5.41) is 8.41. The molecule has 5 heteroatoms. The van der Waals surface area contributed by atoms with Crippen LogP contribution < -0.4 is 10.1 Å². The monoisotopic (exact) mass is 375 g/mol. The smallest absolute Gasteiger partial charge is 0.267 e. The van der Waals surface area contributed by atoms with Crippen LogP contribution in [-0.4, -0.2) is 14.6 Å². The van der Waals surface area contributed by atoms with Crippen molar-refractivity contribution < 1.29 is 0 Å². The Labute approximate surface area is 161 Å². The fourth-order valence-corrected chi connectivity index (χ4v) is 3.90. The summed E-state index contributed by atoms with van der Waals surface area (Å²) in [6, 6.07) is 16.3. The summed E-state index contributed by atoms with van der Waals surface area (Å²) >= 11 is 1.37. The zero-order chi connectivity index (χ0) is 19.2. The Morgan fingerprint density at radius 3 is 2.26 bits per heavy atom. The fourth-order valence-electron chi connectivity index (χ4n) is 2.98. The van der Waals surface area contributed by atoms with Crippen LogP contribution in [0.5, 0.6) is 0 Å². The number of rotatable bonds is 2. The average Bonchev–Trinajstić information content (AvgIpc) is 3.16. The number of fused-ring (bicyclic) bond motifs is 1. The van der Waals surface area contributed by atoms with Crippen LogP contribution in [0.15, 0.2) is 53.3 Å². The molecule has 0 saturated heterocycles. The molecule has 27 heavy (non-hydrogen) atoms. The summed E-state index contributed by atoms with van der Waals surface area (Å²) in [7, 11) is 0. The van der Waals surface area contributed by atoms with Gasteiger partial charge in [-0.15, -0.1) is 10.2 Å². The molecule has 0 aliphatic carbocycles. The predicted octanol–water partition coefficient (Wildman–Crippen LogP) is 3.97. The molecule has 136 valence electrons. The molecule has 0 saturated carbocycles. The van der Waals surface area contributed by atoms with E-state index in [1.165, 1.54) is 22.5 Å². The fraction of sp³-hybridized carbons (Fsp3) is 0.227. The minimum atomic E-state index is -0.0736. The van der Waals surface area contributed by atoms with E-state index in [1.807, 2.05) is 37.3 Å². The van der Waals surface area contributed by atoms with Gasteiger partial charge in [-0.05, 0) is 29.5 Å². The Balaban J connectivity index is 1.80. The highest BCUT2D eigenvalue weighted by molar-refractivity contribution is 7.15. The molecule has 0 atom stereocenters. The molecule has 2 aromatic carbocycles. The first-order chi connectivity index (χ1) is 12.8. The number of aryl methyl sites for hydroxylation is 1. The van der Waals surface area contributed by atoms with Crippen molar-refractivity contribution >= 4 is 22.4 Å². The van der Waals surface area contributed by atoms with Gasteiger partial charge in [0.1, 0.15) is 0 Å². The van der Waals surface area contributed by atoms with Crippen LogP contribution in [0.1, 0.15) is 37.5 Å². The minimum absolute atomic E-state index is 0.0736. The van der Waals surface area contributed by atoms with Crippen molar-refractivity contribution in [1.82, 2.24) is 14.6 Å². The Kier molecular flexibility index (Phi) is 4.19. The molecular formula is C22H21N3OS. The van der Waals surface area contributed by atoms with Crippen molar-refractivity contribution in [2.45, 2.75) is 33.1 Å². The van der Waals surface area contributed by atoms with Gasteiger partial charge in [0.2, 0.25) is 4.96 Å². The molecule has 2 heterocycles. The Hall–Kier alpha value is -2.79. The van der Waals surface area contributed by atoms with E-state index in [1.54, 1.807) is 4.40 Å². The van der Waals surface area contributed by atoms with Gasteiger partial charge in [0.15, 0.2) is 5.82 Å². The standard InChI is InChI=1S/C22H21N3OS/c1-14-5-9-16(10-6-14)19-23-24-21-25(19)20(26)18(27-21)13-15-7-11-17(12-8-15)22(2,3)4/h5-13H,1-4H3/b18-13-. The largest absolute Gasteiger partial charge is 0.276 e. The van der Waals surface area contributed by atoms with Gasteiger partial charge < -0.3 is 0 Å². The number of hydrogen-bond acceptors (Lipinski definition) is 4. The first kappa shape index (κ1) is 17.6. The second-order valence-electron chi connectivity index (χ2n) is 7.80. The number of hydrogen-bond donors (Lipinski definition) is 0. The van der Waals surface area contributed by atoms with Crippen LogP contribution in [-0.2, 0) is 5.41 Å². The first-order valence-electron chi connectivity index (χ1n) is 8.90. The first-order valence-corrected chi connectivity index (χ1v) is 9.72. The molecule has 4 aromatic rings. The Bertz CT molecular complexity index is 1210. The number of nitrogens with zero attached hydrogens (tertiary/aromatic N) is 3. The molecular weight excluding hydrogens is 354 g/mol. The zero-order valence-electron chi connectivity index (χ0n) is 15.9. The third-order valence-electron chi connectivity index (χ3n) is 4.63. The summed E-state index contributed by atoms with van der Waals surface area (Å²) < 4.78 is 2.27. The summed E-state index contributed by atoms with van der Waals surface area (Å²) in [5.74, 6) is 0.592. The summed E-state index contributed by atoms with van der Waals surface area (Å²) in [6.07, 6.45) is 1.92. The van der Waals surface area contributed by atoms with Crippen molar-refractivity contribution in [3.63, 3.8) is 0 Å². The highest BCUT2D eigenvalue weighted by atomic mass is 32.1. The van der Waals surface area contributed by atoms with Crippen LogP contribution in [0.4, 0.5) is 0 Å². The van der Waals surface area contributed by atoms with Gasteiger partial charge in [-0.3, -0.25) is 4.79 Å². The van der Waals surface area contributed by atoms with Crippen LogP contribution in [0.3, 0.4) is 0 Å². The van der Waals surface area contributed by atoms with Gasteiger partial charge in [-0.25, -0.2) is 4.40 Å². The molecule has 4 nitrogen and oxygen atoms in total. The maximum Gasteiger partial charge on any atom is 0.276 e. The lowest BCUT2D eigenvalue weighted by Gasteiger charge is -2.18. The van der Waals surface area contributed by atoms with E-state index < -0.39 is 0 Å². The van der Waals surface area contributed by atoms with Gasteiger partial charge in [0, 0.05) is 5.56 Å². The second-order valence-corrected chi connectivity index (χ2v) is 8.80. The molecule has 0 aliphatic heterocycles. The molecule has 0 N–H and O–H groups in total. The average molecular weight is 375 g/mol. The molecule has 0 amide bonds. The van der Waals surface area contributed by atoms with Gasteiger partial charge in [-0.1, -0.05) is 86.2 Å². The highest BCUT2D eigenvalue weighted by Gasteiger charge is 2.15. The van der Waals surface area contributed by atoms with Crippen LogP contribution in [0.25, 0.3) is 22.4 Å². The lowest BCUT2D eigenvalue weighted by atomic mass is 9.87. The number of aromatic nitrogens is 3. The van der Waals surface area contributed by atoms with Crippen LogP contribution in [0.2, 0.25) is 0 Å². The van der Waals surface area contributed by atoms with Gasteiger partial charge >= 0.3 is 0 Å². The number of thiazole rings is 1. The second kappa shape index (κ2) is 6.43. The Morgan fingerprint density at radius 2 is 1.63 bits per heavy atom. The van der Waals surface area contributed by atoms with E-state index in [0.717, 1.165) is 11.1 Å². The van der Waals surface area contributed by atoms with E-state index >= 15 is 0 Å². The molecule has 0 fully saturated rings. The van der Waals surface area contributed by atoms with Crippen LogP contribution in [0, 0.1) is 6.92 Å². The molecule has 2 aromatic heterocycles. The third kappa shape index (κ3) is 3.30. The molecule has 0 spiro atoms. The third-order valence-corrected chi connectivity index (χ3v) is 5.59. The summed E-state index contributed by atoms with van der Waals surface area (Å²) in [6.45, 7) is 8.60. The van der Waals surface area contributed by atoms with Crippen molar-refractivity contribution in [3.8, 4) is 11.4 Å². The summed E-state index contributed by atoms with van der Waals surface area (Å²) in [5.41, 5.74) is 4.38. The quantitative estimate of drug-likeness (QED) is 0.533. The van der Waals surface area contributed by atoms with E-state index in [4.69, 9.17) is 0 Å². The SMILES string of the molecule is Cc1ccc(-c2nnc3s/c(=C\c4ccc(C(C)(C)C)cc4)c(=O)n23)cc1. The maximum atomic E-state index is 12.9. The van der Waals surface area contributed by atoms with Crippen molar-refractivity contribution in [2.75, 3.05) is 0 Å². The summed E-state index contributed by atoms with van der Waals surface area (Å²) in [4.78, 5) is 13.6. The topological polar surface area (TPSA) is 47.3 Å². The van der Waals surface area contributed by atoms with Crippen LogP contribution >= 0.6 is 11.3 Å². The van der Waals surface area contributed by atoms with Crippen molar-refractivity contribution in [1.29, 1.82) is 0 Å². The normalized spacial score (nSPS) is 12.8. The molecule has 0 aliphatic rings. The number of benzene rings is 2. The van der Waals surface area contributed by atoms with Crippen molar-refractivity contribution in [2.24, 2.45) is 0 Å². The van der Waals surface area contributed by atoms with E-state index in [9.17, 15) is 4.79 Å². The predicted molar refractivity (Wildman–Crippen MR) is 111 cm³/mol. The van der Waals surface area contributed by atoms with Crippen molar-refractivity contribution in [3.05, 3.63) is 80.1 Å². The maximum absolute atomic E-state index is 12.9. The minimum Gasteiger partial charge on any atom is -0.267 e. The van der Waals surface area contributed by atoms with E-state index in [-0.39, 0.29) is 11.0 Å². The van der Waals surface area contributed by atoms with Gasteiger partial charge in [0.25, 0.3) is 5.56 Å². The molecule has 4 rings (SSSR count). The molecule has 0 bridgehead atoms. The lowest BCUT2D eigenvalue weighted by molar-refractivity contribution is 0.590. The molecule has 0 unspecified atom stereocenters. The van der Waals surface area contributed by atoms with E-state index in [2.05, 4.69) is 55.2 Å². The van der Waals surface area contributed by atoms with Gasteiger partial charge in [0.05, 0.1) is 4.53 Å². The van der Waals surface area contributed by atoms with Gasteiger partial charge in [-0.2, -0.15) is 0 Å². The highest BCUT2D eigenvalue weighted by Crippen LogP contribution is 2.22. The Morgan fingerprint density at radius 1 is 0.963 bits per heavy atom. The lowest BCUT2D eigenvalue weighted by Crippen LogP contribution is -2.23. The molecule has 0 radical (unpaired) electrons. The van der Waals surface area contributed by atoms with E-state index in [0.29, 0.717) is 15.3 Å².